The Hall–Kier alpha value is -1.000. The molecule has 17 heavy (non-hydrogen) atoms. The second-order valence-corrected chi connectivity index (χ2v) is 5.14. The van der Waals surface area contributed by atoms with Crippen molar-refractivity contribution in [1.29, 1.82) is 0 Å². The molecule has 0 aliphatic heterocycles. The lowest BCUT2D eigenvalue weighted by atomic mass is 10.1. The molecule has 0 aliphatic carbocycles. The van der Waals surface area contributed by atoms with Crippen molar-refractivity contribution in [2.75, 3.05) is 7.11 Å². The van der Waals surface area contributed by atoms with Gasteiger partial charge in [0.15, 0.2) is 0 Å². The van der Waals surface area contributed by atoms with E-state index in [4.69, 9.17) is 4.74 Å². The number of hydrogen-bond donors (Lipinski definition) is 1. The minimum atomic E-state index is 0.670. The van der Waals surface area contributed by atoms with E-state index in [0.717, 1.165) is 27.6 Å². The van der Waals surface area contributed by atoms with Gasteiger partial charge in [0, 0.05) is 11.1 Å². The van der Waals surface area contributed by atoms with Crippen molar-refractivity contribution in [1.82, 2.24) is 4.98 Å². The van der Waals surface area contributed by atoms with Gasteiger partial charge in [-0.05, 0) is 31.0 Å². The van der Waals surface area contributed by atoms with Crippen LogP contribution in [0.15, 0.2) is 17.5 Å². The molecule has 0 N–H and O–H groups in total. The standard InChI is InChI=1S/C13H15NOS2/c1-8-4-9(2)12(15-3)11(5-8)13-14-10(6-16)7-17-13/h4-5,7,16H,6H2,1-3H3. The van der Waals surface area contributed by atoms with Gasteiger partial charge in [-0.2, -0.15) is 12.6 Å². The summed E-state index contributed by atoms with van der Waals surface area (Å²) in [5.74, 6) is 1.58. The fourth-order valence-electron chi connectivity index (χ4n) is 1.89. The third-order valence-corrected chi connectivity index (χ3v) is 3.82. The number of ether oxygens (including phenoxy) is 1. The van der Waals surface area contributed by atoms with Crippen LogP contribution < -0.4 is 4.74 Å². The molecule has 0 spiro atoms. The van der Waals surface area contributed by atoms with Crippen molar-refractivity contribution in [2.24, 2.45) is 0 Å². The van der Waals surface area contributed by atoms with Crippen LogP contribution in [0.4, 0.5) is 0 Å². The van der Waals surface area contributed by atoms with E-state index in [-0.39, 0.29) is 0 Å². The molecule has 0 aliphatic rings. The maximum atomic E-state index is 5.48. The maximum Gasteiger partial charge on any atom is 0.132 e. The van der Waals surface area contributed by atoms with Gasteiger partial charge in [-0.15, -0.1) is 11.3 Å². The zero-order valence-electron chi connectivity index (χ0n) is 10.2. The average molecular weight is 265 g/mol. The molecule has 0 radical (unpaired) electrons. The second kappa shape index (κ2) is 5.10. The van der Waals surface area contributed by atoms with Crippen LogP contribution in [0, 0.1) is 13.8 Å². The van der Waals surface area contributed by atoms with Crippen molar-refractivity contribution >= 4 is 24.0 Å². The van der Waals surface area contributed by atoms with Crippen molar-refractivity contribution in [3.05, 3.63) is 34.3 Å². The van der Waals surface area contributed by atoms with Crippen molar-refractivity contribution in [3.8, 4) is 16.3 Å². The van der Waals surface area contributed by atoms with Crippen LogP contribution >= 0.6 is 24.0 Å². The number of thiol groups is 1. The van der Waals surface area contributed by atoms with Gasteiger partial charge in [-0.25, -0.2) is 4.98 Å². The number of nitrogens with zero attached hydrogens (tertiary/aromatic N) is 1. The third-order valence-electron chi connectivity index (χ3n) is 2.57. The van der Waals surface area contributed by atoms with E-state index in [9.17, 15) is 0 Å². The highest BCUT2D eigenvalue weighted by Gasteiger charge is 2.12. The van der Waals surface area contributed by atoms with E-state index in [1.54, 1.807) is 18.4 Å². The molecule has 0 amide bonds. The predicted octanol–water partition coefficient (Wildman–Crippen LogP) is 3.87. The molecular formula is C13H15NOS2. The minimum Gasteiger partial charge on any atom is -0.496 e. The SMILES string of the molecule is COc1c(C)cc(C)cc1-c1nc(CS)cs1. The average Bonchev–Trinajstić information content (AvgIpc) is 2.76. The Bertz CT molecular complexity index is 534. The number of methoxy groups -OCH3 is 1. The van der Waals surface area contributed by atoms with Crippen LogP contribution in [0.3, 0.4) is 0 Å². The number of hydrogen-bond acceptors (Lipinski definition) is 4. The summed E-state index contributed by atoms with van der Waals surface area (Å²) in [6.45, 7) is 4.14. The normalized spacial score (nSPS) is 10.6. The van der Waals surface area contributed by atoms with Gasteiger partial charge in [-0.1, -0.05) is 6.07 Å². The summed E-state index contributed by atoms with van der Waals surface area (Å²) in [5, 5.41) is 3.04. The molecule has 0 saturated heterocycles. The molecule has 90 valence electrons. The minimum absolute atomic E-state index is 0.670. The quantitative estimate of drug-likeness (QED) is 0.851. The van der Waals surface area contributed by atoms with Gasteiger partial charge in [0.2, 0.25) is 0 Å². The Labute approximate surface area is 111 Å². The monoisotopic (exact) mass is 265 g/mol. The van der Waals surface area contributed by atoms with Crippen LogP contribution in [0.2, 0.25) is 0 Å². The molecule has 2 nitrogen and oxygen atoms in total. The third kappa shape index (κ3) is 2.48. The number of aryl methyl sites for hydroxylation is 2. The van der Waals surface area contributed by atoms with E-state index in [1.807, 2.05) is 5.38 Å². The Morgan fingerprint density at radius 3 is 2.71 bits per heavy atom. The molecule has 0 bridgehead atoms. The van der Waals surface area contributed by atoms with Crippen LogP contribution in [0.1, 0.15) is 16.8 Å². The van der Waals surface area contributed by atoms with Gasteiger partial charge in [0.05, 0.1) is 18.4 Å². The van der Waals surface area contributed by atoms with Crippen LogP contribution in [-0.2, 0) is 5.75 Å². The second-order valence-electron chi connectivity index (χ2n) is 3.96. The lowest BCUT2D eigenvalue weighted by molar-refractivity contribution is 0.413. The summed E-state index contributed by atoms with van der Waals surface area (Å²) >= 11 is 5.87. The summed E-state index contributed by atoms with van der Waals surface area (Å²) in [5.41, 5.74) is 4.45. The van der Waals surface area contributed by atoms with Crippen LogP contribution in [0.5, 0.6) is 5.75 Å². The van der Waals surface area contributed by atoms with E-state index in [2.05, 4.69) is 43.6 Å². The molecule has 1 heterocycles. The Kier molecular flexibility index (Phi) is 3.74. The molecular weight excluding hydrogens is 250 g/mol. The number of aromatic nitrogens is 1. The fraction of sp³-hybridized carbons (Fsp3) is 0.308. The van der Waals surface area contributed by atoms with Gasteiger partial charge in [0.25, 0.3) is 0 Å². The van der Waals surface area contributed by atoms with E-state index in [0.29, 0.717) is 5.75 Å². The number of rotatable bonds is 3. The van der Waals surface area contributed by atoms with E-state index < -0.39 is 0 Å². The first kappa shape index (κ1) is 12.5. The predicted molar refractivity (Wildman–Crippen MR) is 76.3 cm³/mol. The lowest BCUT2D eigenvalue weighted by Crippen LogP contribution is -1.92. The van der Waals surface area contributed by atoms with E-state index in [1.165, 1.54) is 5.56 Å². The summed E-state index contributed by atoms with van der Waals surface area (Å²) in [7, 11) is 1.70. The highest BCUT2D eigenvalue weighted by molar-refractivity contribution is 7.79. The highest BCUT2D eigenvalue weighted by atomic mass is 32.1. The first-order valence-electron chi connectivity index (χ1n) is 5.36. The Morgan fingerprint density at radius 1 is 1.35 bits per heavy atom. The van der Waals surface area contributed by atoms with Gasteiger partial charge in [-0.3, -0.25) is 0 Å². The lowest BCUT2D eigenvalue weighted by Gasteiger charge is -2.10. The van der Waals surface area contributed by atoms with Crippen molar-refractivity contribution in [3.63, 3.8) is 0 Å². The number of benzene rings is 1. The molecule has 1 aromatic heterocycles. The Balaban J connectivity index is 2.57. The molecule has 2 aromatic rings. The largest absolute Gasteiger partial charge is 0.496 e. The molecule has 0 unspecified atom stereocenters. The topological polar surface area (TPSA) is 22.1 Å². The summed E-state index contributed by atoms with van der Waals surface area (Å²) in [6, 6.07) is 4.24. The van der Waals surface area contributed by atoms with Crippen molar-refractivity contribution in [2.45, 2.75) is 19.6 Å². The zero-order chi connectivity index (χ0) is 12.4. The Morgan fingerprint density at radius 2 is 2.12 bits per heavy atom. The van der Waals surface area contributed by atoms with Gasteiger partial charge >= 0.3 is 0 Å². The van der Waals surface area contributed by atoms with Gasteiger partial charge in [0.1, 0.15) is 10.8 Å². The first-order valence-corrected chi connectivity index (χ1v) is 6.87. The van der Waals surface area contributed by atoms with Crippen LogP contribution in [-0.4, -0.2) is 12.1 Å². The fourth-order valence-corrected chi connectivity index (χ4v) is 3.01. The molecule has 0 atom stereocenters. The first-order chi connectivity index (χ1) is 8.15. The zero-order valence-corrected chi connectivity index (χ0v) is 11.9. The number of thiazole rings is 1. The molecule has 2 rings (SSSR count). The highest BCUT2D eigenvalue weighted by Crippen LogP contribution is 2.35. The molecule has 0 saturated carbocycles. The molecule has 0 fully saturated rings. The molecule has 1 aromatic carbocycles. The summed E-state index contributed by atoms with van der Waals surface area (Å²) in [4.78, 5) is 4.55. The van der Waals surface area contributed by atoms with Crippen molar-refractivity contribution < 1.29 is 4.74 Å². The summed E-state index contributed by atoms with van der Waals surface area (Å²) < 4.78 is 5.48. The van der Waals surface area contributed by atoms with Gasteiger partial charge < -0.3 is 4.74 Å². The molecule has 4 heteroatoms. The van der Waals surface area contributed by atoms with Crippen LogP contribution in [0.25, 0.3) is 10.6 Å². The smallest absolute Gasteiger partial charge is 0.132 e. The summed E-state index contributed by atoms with van der Waals surface area (Å²) in [6.07, 6.45) is 0. The maximum absolute atomic E-state index is 5.48. The van der Waals surface area contributed by atoms with E-state index >= 15 is 0 Å².